The molecule has 3 rings (SSSR count). The molecule has 5 nitrogen and oxygen atoms in total. The second-order valence-corrected chi connectivity index (χ2v) is 6.09. The number of hydrogen-bond donors (Lipinski definition) is 1. The lowest BCUT2D eigenvalue weighted by atomic mass is 10.0. The Morgan fingerprint density at radius 3 is 2.48 bits per heavy atom. The minimum atomic E-state index is -0.943. The monoisotopic (exact) mass is 339 g/mol. The Morgan fingerprint density at radius 2 is 1.80 bits per heavy atom. The van der Waals surface area contributed by atoms with E-state index in [1.165, 1.54) is 0 Å². The molecule has 0 bridgehead atoms. The Balaban J connectivity index is 1.63. The van der Waals surface area contributed by atoms with Crippen molar-refractivity contribution in [1.82, 2.24) is 4.90 Å². The lowest BCUT2D eigenvalue weighted by Crippen LogP contribution is -2.43. The molecule has 1 saturated heterocycles. The third kappa shape index (κ3) is 4.25. The lowest BCUT2D eigenvalue weighted by Gasteiger charge is -2.36. The van der Waals surface area contributed by atoms with Crippen LogP contribution in [0, 0.1) is 0 Å². The predicted octanol–water partition coefficient (Wildman–Crippen LogP) is 2.92. The van der Waals surface area contributed by atoms with Crippen molar-refractivity contribution >= 4 is 11.9 Å². The molecule has 0 unspecified atom stereocenters. The standard InChI is InChI=1S/C20H21NO4/c22-19(11-8-15-6-9-17(10-7-15)20(23)24)21-12-13-25-14-18(21)16-4-2-1-3-5-16/h1-7,9-10,18H,8,11-14H2,(H,23,24)/t18-/m0/s1. The number of hydrogen-bond acceptors (Lipinski definition) is 3. The average molecular weight is 339 g/mol. The highest BCUT2D eigenvalue weighted by Crippen LogP contribution is 2.25. The predicted molar refractivity (Wildman–Crippen MR) is 93.4 cm³/mol. The Morgan fingerprint density at radius 1 is 1.08 bits per heavy atom. The van der Waals surface area contributed by atoms with Crippen LogP contribution in [-0.4, -0.2) is 41.6 Å². The van der Waals surface area contributed by atoms with Crippen molar-refractivity contribution in [1.29, 1.82) is 0 Å². The number of rotatable bonds is 5. The van der Waals surface area contributed by atoms with Gasteiger partial charge in [0.05, 0.1) is 24.8 Å². The summed E-state index contributed by atoms with van der Waals surface area (Å²) in [5.74, 6) is -0.846. The van der Waals surface area contributed by atoms with Gasteiger partial charge in [-0.2, -0.15) is 0 Å². The highest BCUT2D eigenvalue weighted by Gasteiger charge is 2.28. The van der Waals surface area contributed by atoms with E-state index in [1.54, 1.807) is 24.3 Å². The third-order valence-corrected chi connectivity index (χ3v) is 4.46. The molecular formula is C20H21NO4. The van der Waals surface area contributed by atoms with Crippen molar-refractivity contribution in [2.75, 3.05) is 19.8 Å². The van der Waals surface area contributed by atoms with Gasteiger partial charge in [-0.1, -0.05) is 42.5 Å². The number of carboxylic acid groups (broad SMARTS) is 1. The summed E-state index contributed by atoms with van der Waals surface area (Å²) in [7, 11) is 0. The van der Waals surface area contributed by atoms with E-state index in [-0.39, 0.29) is 17.5 Å². The Hall–Kier alpha value is -2.66. The largest absolute Gasteiger partial charge is 0.478 e. The fraction of sp³-hybridized carbons (Fsp3) is 0.300. The summed E-state index contributed by atoms with van der Waals surface area (Å²) in [6, 6.07) is 16.6. The molecule has 0 radical (unpaired) electrons. The molecule has 130 valence electrons. The molecule has 1 aliphatic heterocycles. The van der Waals surface area contributed by atoms with Gasteiger partial charge in [0.1, 0.15) is 0 Å². The van der Waals surface area contributed by atoms with Gasteiger partial charge in [0.15, 0.2) is 0 Å². The van der Waals surface area contributed by atoms with Crippen molar-refractivity contribution < 1.29 is 19.4 Å². The van der Waals surface area contributed by atoms with Crippen LogP contribution in [0.2, 0.25) is 0 Å². The number of amides is 1. The summed E-state index contributed by atoms with van der Waals surface area (Å²) >= 11 is 0. The van der Waals surface area contributed by atoms with E-state index < -0.39 is 5.97 Å². The highest BCUT2D eigenvalue weighted by molar-refractivity contribution is 5.87. The summed E-state index contributed by atoms with van der Waals surface area (Å²) in [5.41, 5.74) is 2.30. The Kier molecular flexibility index (Phi) is 5.46. The minimum absolute atomic E-state index is 0.0446. The smallest absolute Gasteiger partial charge is 0.335 e. The number of carbonyl (C=O) groups is 2. The first-order chi connectivity index (χ1) is 12.1. The van der Waals surface area contributed by atoms with Crippen LogP contribution < -0.4 is 0 Å². The van der Waals surface area contributed by atoms with Crippen LogP contribution in [-0.2, 0) is 16.0 Å². The minimum Gasteiger partial charge on any atom is -0.478 e. The number of nitrogens with zero attached hydrogens (tertiary/aromatic N) is 1. The van der Waals surface area contributed by atoms with Gasteiger partial charge in [-0.25, -0.2) is 4.79 Å². The fourth-order valence-corrected chi connectivity index (χ4v) is 3.06. The number of aryl methyl sites for hydroxylation is 1. The summed E-state index contributed by atoms with van der Waals surface area (Å²) in [6.45, 7) is 1.67. The molecule has 2 aromatic carbocycles. The zero-order chi connectivity index (χ0) is 17.6. The SMILES string of the molecule is O=C(O)c1ccc(CCC(=O)N2CCOC[C@H]2c2ccccc2)cc1. The maximum Gasteiger partial charge on any atom is 0.335 e. The topological polar surface area (TPSA) is 66.8 Å². The van der Waals surface area contributed by atoms with E-state index in [0.29, 0.717) is 32.6 Å². The molecule has 1 atom stereocenters. The second kappa shape index (κ2) is 7.94. The molecule has 1 aliphatic rings. The molecule has 25 heavy (non-hydrogen) atoms. The van der Waals surface area contributed by atoms with Crippen molar-refractivity contribution in [3.63, 3.8) is 0 Å². The molecule has 0 saturated carbocycles. The van der Waals surface area contributed by atoms with Gasteiger partial charge in [-0.15, -0.1) is 0 Å². The first-order valence-corrected chi connectivity index (χ1v) is 8.39. The molecule has 0 aliphatic carbocycles. The van der Waals surface area contributed by atoms with Gasteiger partial charge >= 0.3 is 5.97 Å². The molecule has 1 amide bonds. The van der Waals surface area contributed by atoms with Crippen LogP contribution in [0.1, 0.15) is 33.9 Å². The van der Waals surface area contributed by atoms with E-state index in [0.717, 1.165) is 11.1 Å². The van der Waals surface area contributed by atoms with Crippen molar-refractivity contribution in [2.24, 2.45) is 0 Å². The molecule has 1 heterocycles. The number of morpholine rings is 1. The van der Waals surface area contributed by atoms with E-state index in [1.807, 2.05) is 35.2 Å². The molecular weight excluding hydrogens is 318 g/mol. The van der Waals surface area contributed by atoms with Crippen molar-refractivity contribution in [3.05, 3.63) is 71.3 Å². The zero-order valence-corrected chi connectivity index (χ0v) is 13.9. The lowest BCUT2D eigenvalue weighted by molar-refractivity contribution is -0.140. The summed E-state index contributed by atoms with van der Waals surface area (Å²) in [4.78, 5) is 25.5. The average Bonchev–Trinajstić information content (AvgIpc) is 2.67. The number of carboxylic acids is 1. The second-order valence-electron chi connectivity index (χ2n) is 6.09. The van der Waals surface area contributed by atoms with Gasteiger partial charge in [0, 0.05) is 13.0 Å². The fourth-order valence-electron chi connectivity index (χ4n) is 3.06. The third-order valence-electron chi connectivity index (χ3n) is 4.46. The van der Waals surface area contributed by atoms with E-state index in [9.17, 15) is 9.59 Å². The highest BCUT2D eigenvalue weighted by atomic mass is 16.5. The van der Waals surface area contributed by atoms with Crippen LogP contribution >= 0.6 is 0 Å². The van der Waals surface area contributed by atoms with Crippen LogP contribution in [0.4, 0.5) is 0 Å². The van der Waals surface area contributed by atoms with E-state index >= 15 is 0 Å². The first kappa shape index (κ1) is 17.2. The van der Waals surface area contributed by atoms with Gasteiger partial charge < -0.3 is 14.7 Å². The number of ether oxygens (including phenoxy) is 1. The maximum atomic E-state index is 12.7. The maximum absolute atomic E-state index is 12.7. The van der Waals surface area contributed by atoms with Crippen LogP contribution in [0.15, 0.2) is 54.6 Å². The molecule has 0 aromatic heterocycles. The van der Waals surface area contributed by atoms with E-state index in [4.69, 9.17) is 9.84 Å². The summed E-state index contributed by atoms with van der Waals surface area (Å²) in [6.07, 6.45) is 0.993. The molecule has 1 N–H and O–H groups in total. The number of carbonyl (C=O) groups excluding carboxylic acids is 1. The Labute approximate surface area is 146 Å². The number of aromatic carboxylic acids is 1. The van der Waals surface area contributed by atoms with Crippen LogP contribution in [0.5, 0.6) is 0 Å². The normalized spacial score (nSPS) is 17.3. The molecule has 1 fully saturated rings. The molecule has 2 aromatic rings. The molecule has 5 heteroatoms. The van der Waals surface area contributed by atoms with Gasteiger partial charge in [-0.05, 0) is 29.7 Å². The van der Waals surface area contributed by atoms with Crippen LogP contribution in [0.3, 0.4) is 0 Å². The van der Waals surface area contributed by atoms with E-state index in [2.05, 4.69) is 0 Å². The first-order valence-electron chi connectivity index (χ1n) is 8.39. The van der Waals surface area contributed by atoms with Crippen molar-refractivity contribution in [3.8, 4) is 0 Å². The quantitative estimate of drug-likeness (QED) is 0.909. The van der Waals surface area contributed by atoms with Crippen LogP contribution in [0.25, 0.3) is 0 Å². The number of benzene rings is 2. The van der Waals surface area contributed by atoms with Gasteiger partial charge in [0.25, 0.3) is 0 Å². The Bertz CT molecular complexity index is 727. The zero-order valence-electron chi connectivity index (χ0n) is 13.9. The summed E-state index contributed by atoms with van der Waals surface area (Å²) in [5, 5.41) is 8.93. The van der Waals surface area contributed by atoms with Gasteiger partial charge in [-0.3, -0.25) is 4.79 Å². The van der Waals surface area contributed by atoms with Crippen molar-refractivity contribution in [2.45, 2.75) is 18.9 Å². The summed E-state index contributed by atoms with van der Waals surface area (Å²) < 4.78 is 5.57. The van der Waals surface area contributed by atoms with Gasteiger partial charge in [0.2, 0.25) is 5.91 Å². The molecule has 0 spiro atoms.